The average molecular weight is 257 g/mol. The molecule has 1 amide bonds. The maximum Gasteiger partial charge on any atom is 0.251 e. The molecule has 19 heavy (non-hydrogen) atoms. The fourth-order valence-electron chi connectivity index (χ4n) is 1.90. The fraction of sp³-hybridized carbons (Fsp3) is 0.200. The molecule has 1 heterocycles. The third kappa shape index (κ3) is 2.73. The Labute approximate surface area is 111 Å². The van der Waals surface area contributed by atoms with Crippen LogP contribution in [-0.4, -0.2) is 18.7 Å². The number of nitrogens with one attached hydrogen (secondary N) is 1. The van der Waals surface area contributed by atoms with Crippen molar-refractivity contribution < 1.29 is 14.0 Å². The summed E-state index contributed by atoms with van der Waals surface area (Å²) in [4.78, 5) is 22.3. The predicted molar refractivity (Wildman–Crippen MR) is 72.3 cm³/mol. The van der Waals surface area contributed by atoms with E-state index in [0.29, 0.717) is 29.9 Å². The molecule has 0 atom stereocenters. The fourth-order valence-corrected chi connectivity index (χ4v) is 1.90. The Morgan fingerprint density at radius 1 is 1.32 bits per heavy atom. The van der Waals surface area contributed by atoms with Gasteiger partial charge < -0.3 is 9.73 Å². The van der Waals surface area contributed by atoms with Crippen molar-refractivity contribution >= 4 is 12.2 Å². The van der Waals surface area contributed by atoms with Crippen LogP contribution in [-0.2, 0) is 0 Å². The van der Waals surface area contributed by atoms with Gasteiger partial charge in [0.25, 0.3) is 5.91 Å². The Balaban J connectivity index is 2.33. The molecule has 1 N–H and O–H groups in total. The Hall–Kier alpha value is -2.36. The Kier molecular flexibility index (Phi) is 3.80. The van der Waals surface area contributed by atoms with Crippen LogP contribution in [0.5, 0.6) is 0 Å². The first-order chi connectivity index (χ1) is 9.15. The number of carbonyl (C=O) groups is 2. The van der Waals surface area contributed by atoms with Gasteiger partial charge in [0.05, 0.1) is 0 Å². The summed E-state index contributed by atoms with van der Waals surface area (Å²) in [6.07, 6.45) is 0.669. The molecule has 0 bridgehead atoms. The largest absolute Gasteiger partial charge is 0.453 e. The highest BCUT2D eigenvalue weighted by atomic mass is 16.3. The van der Waals surface area contributed by atoms with Gasteiger partial charge in [-0.2, -0.15) is 0 Å². The summed E-state index contributed by atoms with van der Waals surface area (Å²) in [5.74, 6) is 0.828. The monoisotopic (exact) mass is 257 g/mol. The normalized spacial score (nSPS) is 10.2. The van der Waals surface area contributed by atoms with Gasteiger partial charge in [-0.05, 0) is 43.7 Å². The van der Waals surface area contributed by atoms with E-state index in [1.54, 1.807) is 18.2 Å². The average Bonchev–Trinajstić information content (AvgIpc) is 2.87. The van der Waals surface area contributed by atoms with Crippen molar-refractivity contribution in [1.82, 2.24) is 5.32 Å². The van der Waals surface area contributed by atoms with Crippen molar-refractivity contribution in [2.24, 2.45) is 0 Å². The lowest BCUT2D eigenvalue weighted by Crippen LogP contribution is -2.22. The van der Waals surface area contributed by atoms with Crippen molar-refractivity contribution in [3.8, 4) is 11.3 Å². The Morgan fingerprint density at radius 3 is 2.68 bits per heavy atom. The van der Waals surface area contributed by atoms with Crippen LogP contribution in [0.1, 0.15) is 33.4 Å². The van der Waals surface area contributed by atoms with Crippen LogP contribution in [0.2, 0.25) is 0 Å². The second-order valence-electron chi connectivity index (χ2n) is 4.21. The lowest BCUT2D eigenvalue weighted by Gasteiger charge is -2.06. The zero-order valence-corrected chi connectivity index (χ0v) is 10.9. The smallest absolute Gasteiger partial charge is 0.251 e. The third-order valence-electron chi connectivity index (χ3n) is 2.83. The SMILES string of the molecule is CCNC(=O)c1ccc(-c2ccc(C=O)o2)c(C)c1. The van der Waals surface area contributed by atoms with E-state index in [2.05, 4.69) is 5.32 Å². The highest BCUT2D eigenvalue weighted by Crippen LogP contribution is 2.25. The van der Waals surface area contributed by atoms with E-state index >= 15 is 0 Å². The number of furan rings is 1. The van der Waals surface area contributed by atoms with Crippen molar-refractivity contribution in [2.45, 2.75) is 13.8 Å². The maximum absolute atomic E-state index is 11.7. The second kappa shape index (κ2) is 5.52. The Morgan fingerprint density at radius 2 is 2.11 bits per heavy atom. The second-order valence-corrected chi connectivity index (χ2v) is 4.21. The quantitative estimate of drug-likeness (QED) is 0.857. The number of aryl methyl sites for hydroxylation is 1. The highest BCUT2D eigenvalue weighted by Gasteiger charge is 2.10. The van der Waals surface area contributed by atoms with E-state index in [4.69, 9.17) is 4.42 Å². The molecular weight excluding hydrogens is 242 g/mol. The van der Waals surface area contributed by atoms with Crippen LogP contribution in [0.25, 0.3) is 11.3 Å². The standard InChI is InChI=1S/C15H15NO3/c1-3-16-15(18)11-4-6-13(10(2)8-11)14-7-5-12(9-17)19-14/h4-9H,3H2,1-2H3,(H,16,18). The first-order valence-electron chi connectivity index (χ1n) is 6.10. The van der Waals surface area contributed by atoms with E-state index in [-0.39, 0.29) is 5.91 Å². The minimum atomic E-state index is -0.0924. The van der Waals surface area contributed by atoms with E-state index in [9.17, 15) is 9.59 Å². The van der Waals surface area contributed by atoms with Crippen LogP contribution in [0.3, 0.4) is 0 Å². The number of rotatable bonds is 4. The molecule has 0 spiro atoms. The van der Waals surface area contributed by atoms with Crippen molar-refractivity contribution in [1.29, 1.82) is 0 Å². The molecule has 1 aromatic heterocycles. The molecule has 0 unspecified atom stereocenters. The van der Waals surface area contributed by atoms with Gasteiger partial charge in [-0.15, -0.1) is 0 Å². The van der Waals surface area contributed by atoms with Crippen LogP contribution in [0.4, 0.5) is 0 Å². The molecule has 0 radical (unpaired) electrons. The van der Waals surface area contributed by atoms with Gasteiger partial charge in [0.15, 0.2) is 12.0 Å². The summed E-state index contributed by atoms with van der Waals surface area (Å²) in [5, 5.41) is 2.75. The van der Waals surface area contributed by atoms with Crippen molar-refractivity contribution in [3.05, 3.63) is 47.2 Å². The first kappa shape index (κ1) is 13.1. The Bertz CT molecular complexity index is 614. The van der Waals surface area contributed by atoms with Gasteiger partial charge in [0, 0.05) is 17.7 Å². The summed E-state index contributed by atoms with van der Waals surface area (Å²) in [7, 11) is 0. The van der Waals surface area contributed by atoms with Crippen molar-refractivity contribution in [2.75, 3.05) is 6.54 Å². The summed E-state index contributed by atoms with van der Waals surface area (Å²) in [6.45, 7) is 4.38. The highest BCUT2D eigenvalue weighted by molar-refractivity contribution is 5.95. The molecule has 4 heteroatoms. The van der Waals surface area contributed by atoms with Gasteiger partial charge in [0.1, 0.15) is 5.76 Å². The summed E-state index contributed by atoms with van der Waals surface area (Å²) in [5.41, 5.74) is 2.42. The third-order valence-corrected chi connectivity index (χ3v) is 2.83. The summed E-state index contributed by atoms with van der Waals surface area (Å²) < 4.78 is 5.38. The number of benzene rings is 1. The number of carbonyl (C=O) groups excluding carboxylic acids is 2. The molecule has 2 aromatic rings. The molecule has 4 nitrogen and oxygen atoms in total. The molecule has 0 aliphatic rings. The number of aldehydes is 1. The molecule has 0 aliphatic carbocycles. The van der Waals surface area contributed by atoms with Gasteiger partial charge >= 0.3 is 0 Å². The summed E-state index contributed by atoms with van der Waals surface area (Å²) in [6, 6.07) is 8.75. The molecular formula is C15H15NO3. The van der Waals surface area contributed by atoms with Crippen LogP contribution in [0.15, 0.2) is 34.7 Å². The maximum atomic E-state index is 11.7. The number of amides is 1. The molecule has 2 rings (SSSR count). The van der Waals surface area contributed by atoms with Crippen LogP contribution in [0, 0.1) is 6.92 Å². The lowest BCUT2D eigenvalue weighted by molar-refractivity contribution is 0.0955. The minimum Gasteiger partial charge on any atom is -0.453 e. The number of hydrogen-bond acceptors (Lipinski definition) is 3. The topological polar surface area (TPSA) is 59.3 Å². The molecule has 0 saturated heterocycles. The number of hydrogen-bond donors (Lipinski definition) is 1. The molecule has 1 aromatic carbocycles. The zero-order valence-electron chi connectivity index (χ0n) is 10.9. The molecule has 0 saturated carbocycles. The van der Waals surface area contributed by atoms with E-state index < -0.39 is 0 Å². The molecule has 0 aliphatic heterocycles. The van der Waals surface area contributed by atoms with Crippen LogP contribution < -0.4 is 5.32 Å². The predicted octanol–water partition coefficient (Wildman–Crippen LogP) is 2.82. The molecule has 98 valence electrons. The lowest BCUT2D eigenvalue weighted by atomic mass is 10.0. The van der Waals surface area contributed by atoms with E-state index in [0.717, 1.165) is 11.1 Å². The van der Waals surface area contributed by atoms with Gasteiger partial charge in [-0.3, -0.25) is 9.59 Å². The minimum absolute atomic E-state index is 0.0924. The van der Waals surface area contributed by atoms with E-state index in [1.165, 1.54) is 0 Å². The first-order valence-corrected chi connectivity index (χ1v) is 6.10. The molecule has 0 fully saturated rings. The van der Waals surface area contributed by atoms with Crippen molar-refractivity contribution in [3.63, 3.8) is 0 Å². The summed E-state index contributed by atoms with van der Waals surface area (Å²) >= 11 is 0. The van der Waals surface area contributed by atoms with Gasteiger partial charge in [0.2, 0.25) is 0 Å². The van der Waals surface area contributed by atoms with E-state index in [1.807, 2.05) is 26.0 Å². The van der Waals surface area contributed by atoms with Gasteiger partial charge in [-0.1, -0.05) is 6.07 Å². The zero-order chi connectivity index (χ0) is 13.8. The van der Waals surface area contributed by atoms with Crippen LogP contribution >= 0.6 is 0 Å². The van der Waals surface area contributed by atoms with Gasteiger partial charge in [-0.25, -0.2) is 0 Å².